The van der Waals surface area contributed by atoms with Crippen molar-refractivity contribution in [1.29, 1.82) is 0 Å². The van der Waals surface area contributed by atoms with Gasteiger partial charge in [-0.3, -0.25) is 0 Å². The molecule has 1 rings (SSSR count). The predicted molar refractivity (Wildman–Crippen MR) is 71.8 cm³/mol. The van der Waals surface area contributed by atoms with Crippen LogP contribution in [-0.2, 0) is 6.54 Å². The fourth-order valence-corrected chi connectivity index (χ4v) is 1.93. The van der Waals surface area contributed by atoms with E-state index in [2.05, 4.69) is 19.2 Å². The fraction of sp³-hybridized carbons (Fsp3) is 0.600. The summed E-state index contributed by atoms with van der Waals surface area (Å²) in [5.74, 6) is 0. The van der Waals surface area contributed by atoms with Crippen molar-refractivity contribution in [3.8, 4) is 0 Å². The zero-order chi connectivity index (χ0) is 13.4. The molecule has 0 saturated carbocycles. The molecule has 1 atom stereocenters. The predicted octanol–water partition coefficient (Wildman–Crippen LogP) is 4.68. The number of unbranched alkanes of at least 4 members (excludes halogenated alkanes) is 2. The van der Waals surface area contributed by atoms with E-state index in [1.54, 1.807) is 12.1 Å². The summed E-state index contributed by atoms with van der Waals surface area (Å²) in [7, 11) is 0. The van der Waals surface area contributed by atoms with E-state index < -0.39 is 6.43 Å². The van der Waals surface area contributed by atoms with Crippen LogP contribution >= 0.6 is 0 Å². The van der Waals surface area contributed by atoms with E-state index in [-0.39, 0.29) is 5.56 Å². The summed E-state index contributed by atoms with van der Waals surface area (Å²) >= 11 is 0. The van der Waals surface area contributed by atoms with Crippen LogP contribution in [0.1, 0.15) is 57.1 Å². The van der Waals surface area contributed by atoms with Gasteiger partial charge in [-0.1, -0.05) is 44.4 Å². The second kappa shape index (κ2) is 8.20. The number of alkyl halides is 2. The van der Waals surface area contributed by atoms with E-state index in [1.807, 2.05) is 6.07 Å². The zero-order valence-corrected chi connectivity index (χ0v) is 11.3. The van der Waals surface area contributed by atoms with Crippen LogP contribution in [0.3, 0.4) is 0 Å². The van der Waals surface area contributed by atoms with Gasteiger partial charge in [-0.15, -0.1) is 0 Å². The van der Waals surface area contributed by atoms with Crippen LogP contribution in [0.5, 0.6) is 0 Å². The molecule has 1 aromatic rings. The van der Waals surface area contributed by atoms with Gasteiger partial charge in [0.15, 0.2) is 0 Å². The van der Waals surface area contributed by atoms with Gasteiger partial charge in [-0.05, 0) is 25.0 Å². The van der Waals surface area contributed by atoms with E-state index in [0.717, 1.165) is 12.0 Å². The van der Waals surface area contributed by atoms with E-state index >= 15 is 0 Å². The highest BCUT2D eigenvalue weighted by Gasteiger charge is 2.07. The Bertz CT molecular complexity index is 339. The minimum absolute atomic E-state index is 0.105. The van der Waals surface area contributed by atoms with Crippen molar-refractivity contribution in [1.82, 2.24) is 5.32 Å². The first-order valence-electron chi connectivity index (χ1n) is 6.73. The lowest BCUT2D eigenvalue weighted by Gasteiger charge is -2.14. The van der Waals surface area contributed by atoms with Crippen LogP contribution in [0, 0.1) is 0 Å². The second-order valence-corrected chi connectivity index (χ2v) is 4.82. The molecule has 0 amide bonds. The maximum Gasteiger partial charge on any atom is 0.263 e. The maximum absolute atomic E-state index is 12.5. The summed E-state index contributed by atoms with van der Waals surface area (Å²) in [5, 5.41) is 3.38. The zero-order valence-electron chi connectivity index (χ0n) is 11.3. The van der Waals surface area contributed by atoms with Gasteiger partial charge in [0.1, 0.15) is 0 Å². The monoisotopic (exact) mass is 255 g/mol. The molecule has 0 fully saturated rings. The summed E-state index contributed by atoms with van der Waals surface area (Å²) < 4.78 is 25.1. The van der Waals surface area contributed by atoms with Crippen molar-refractivity contribution in [2.24, 2.45) is 0 Å². The van der Waals surface area contributed by atoms with Crippen molar-refractivity contribution >= 4 is 0 Å². The van der Waals surface area contributed by atoms with E-state index in [9.17, 15) is 8.78 Å². The average molecular weight is 255 g/mol. The lowest BCUT2D eigenvalue weighted by Crippen LogP contribution is -2.25. The Morgan fingerprint density at radius 3 is 2.67 bits per heavy atom. The highest BCUT2D eigenvalue weighted by Crippen LogP contribution is 2.19. The van der Waals surface area contributed by atoms with E-state index in [4.69, 9.17) is 0 Å². The molecule has 0 aliphatic rings. The molecule has 0 radical (unpaired) electrons. The lowest BCUT2D eigenvalue weighted by atomic mass is 10.1. The number of nitrogens with one attached hydrogen (secondary N) is 1. The van der Waals surface area contributed by atoms with Crippen LogP contribution in [0.4, 0.5) is 8.78 Å². The van der Waals surface area contributed by atoms with Crippen LogP contribution in [0.15, 0.2) is 24.3 Å². The van der Waals surface area contributed by atoms with E-state index in [0.29, 0.717) is 12.6 Å². The van der Waals surface area contributed by atoms with Gasteiger partial charge in [0.05, 0.1) is 0 Å². The minimum atomic E-state index is -2.38. The molecule has 18 heavy (non-hydrogen) atoms. The molecular formula is C15H23F2N. The molecule has 1 unspecified atom stereocenters. The molecule has 0 aliphatic heterocycles. The molecule has 0 heterocycles. The first kappa shape index (κ1) is 15.1. The highest BCUT2D eigenvalue weighted by atomic mass is 19.3. The summed E-state index contributed by atoms with van der Waals surface area (Å²) in [6.07, 6.45) is 2.46. The van der Waals surface area contributed by atoms with Crippen LogP contribution in [-0.4, -0.2) is 6.04 Å². The fourth-order valence-electron chi connectivity index (χ4n) is 1.93. The summed E-state index contributed by atoms with van der Waals surface area (Å²) in [5.41, 5.74) is 1.03. The third kappa shape index (κ3) is 5.58. The van der Waals surface area contributed by atoms with Crippen molar-refractivity contribution in [2.45, 2.75) is 58.5 Å². The summed E-state index contributed by atoms with van der Waals surface area (Å²) in [6, 6.07) is 7.07. The van der Waals surface area contributed by atoms with Crippen molar-refractivity contribution < 1.29 is 8.78 Å². The Kier molecular flexibility index (Phi) is 6.88. The van der Waals surface area contributed by atoms with Gasteiger partial charge in [0.25, 0.3) is 6.43 Å². The molecule has 0 saturated heterocycles. The van der Waals surface area contributed by atoms with Crippen LogP contribution in [0.25, 0.3) is 0 Å². The van der Waals surface area contributed by atoms with Crippen molar-refractivity contribution in [3.63, 3.8) is 0 Å². The van der Waals surface area contributed by atoms with Crippen molar-refractivity contribution in [3.05, 3.63) is 35.4 Å². The molecule has 3 heteroatoms. The molecule has 1 aromatic carbocycles. The van der Waals surface area contributed by atoms with E-state index in [1.165, 1.54) is 25.3 Å². The molecule has 0 aliphatic carbocycles. The number of hydrogen-bond donors (Lipinski definition) is 1. The van der Waals surface area contributed by atoms with Gasteiger partial charge in [0.2, 0.25) is 0 Å². The van der Waals surface area contributed by atoms with Gasteiger partial charge in [-0.2, -0.15) is 0 Å². The molecule has 0 aromatic heterocycles. The summed E-state index contributed by atoms with van der Waals surface area (Å²) in [4.78, 5) is 0. The first-order chi connectivity index (χ1) is 8.63. The Morgan fingerprint density at radius 1 is 1.22 bits per heavy atom. The number of halogens is 2. The smallest absolute Gasteiger partial charge is 0.263 e. The molecule has 102 valence electrons. The Labute approximate surface area is 109 Å². The average Bonchev–Trinajstić information content (AvgIpc) is 2.37. The van der Waals surface area contributed by atoms with Crippen LogP contribution in [0.2, 0.25) is 0 Å². The van der Waals surface area contributed by atoms with Gasteiger partial charge < -0.3 is 5.32 Å². The normalized spacial score (nSPS) is 12.9. The van der Waals surface area contributed by atoms with Crippen molar-refractivity contribution in [2.75, 3.05) is 0 Å². The Morgan fingerprint density at radius 2 is 2.00 bits per heavy atom. The Hall–Kier alpha value is -0.960. The third-order valence-corrected chi connectivity index (χ3v) is 3.10. The summed E-state index contributed by atoms with van der Waals surface area (Å²) in [6.45, 7) is 4.99. The Balaban J connectivity index is 2.36. The number of hydrogen-bond acceptors (Lipinski definition) is 1. The topological polar surface area (TPSA) is 12.0 Å². The quantitative estimate of drug-likeness (QED) is 0.665. The minimum Gasteiger partial charge on any atom is -0.310 e. The molecule has 1 N–H and O–H groups in total. The van der Waals surface area contributed by atoms with Crippen LogP contribution < -0.4 is 5.32 Å². The first-order valence-corrected chi connectivity index (χ1v) is 6.73. The van der Waals surface area contributed by atoms with Gasteiger partial charge in [-0.25, -0.2) is 8.78 Å². The molecule has 0 spiro atoms. The largest absolute Gasteiger partial charge is 0.310 e. The third-order valence-electron chi connectivity index (χ3n) is 3.10. The molecule has 0 bridgehead atoms. The lowest BCUT2D eigenvalue weighted by molar-refractivity contribution is 0.151. The molecule has 1 nitrogen and oxygen atoms in total. The maximum atomic E-state index is 12.5. The van der Waals surface area contributed by atoms with Gasteiger partial charge >= 0.3 is 0 Å². The number of benzene rings is 1. The van der Waals surface area contributed by atoms with Gasteiger partial charge in [0, 0.05) is 18.2 Å². The highest BCUT2D eigenvalue weighted by molar-refractivity contribution is 5.24. The molecular weight excluding hydrogens is 232 g/mol. The SMILES string of the molecule is CCCCCC(C)NCc1cccc(C(F)F)c1. The standard InChI is InChI=1S/C15H23F2N/c1-3-4-5-7-12(2)18-11-13-8-6-9-14(10-13)15(16)17/h6,8-10,12,15,18H,3-5,7,11H2,1-2H3. The number of rotatable bonds is 8. The second-order valence-electron chi connectivity index (χ2n) is 4.82.